The lowest BCUT2D eigenvalue weighted by molar-refractivity contribution is -0.152. The molecule has 1 fully saturated rings. The summed E-state index contributed by atoms with van der Waals surface area (Å²) in [6, 6.07) is 0. The normalized spacial score (nSPS) is 34.9. The average Bonchev–Trinajstić information content (AvgIpc) is 2.98. The molecule has 180 valence electrons. The number of cyclic esters (lactones) is 1. The predicted molar refractivity (Wildman–Crippen MR) is 123 cm³/mol. The van der Waals surface area contributed by atoms with Gasteiger partial charge in [-0.1, -0.05) is 44.9 Å². The Labute approximate surface area is 192 Å². The third-order valence-corrected chi connectivity index (χ3v) is 6.31. The van der Waals surface area contributed by atoms with Crippen molar-refractivity contribution in [2.24, 2.45) is 11.8 Å². The first-order valence-electron chi connectivity index (χ1n) is 11.9. The molecular formula is C26H40O6. The minimum Gasteiger partial charge on any atom is -0.461 e. The van der Waals surface area contributed by atoms with Crippen molar-refractivity contribution in [2.45, 2.75) is 110 Å². The predicted octanol–water partition coefficient (Wildman–Crippen LogP) is 5.10. The zero-order valence-electron chi connectivity index (χ0n) is 20.5. The Morgan fingerprint density at radius 2 is 1.91 bits per heavy atom. The molecule has 0 aromatic carbocycles. The molecule has 1 saturated heterocycles. The summed E-state index contributed by atoms with van der Waals surface area (Å²) < 4.78 is 17.8. The van der Waals surface area contributed by atoms with E-state index in [0.717, 1.165) is 31.3 Å². The molecule has 6 unspecified atom stereocenters. The molecule has 0 spiro atoms. The van der Waals surface area contributed by atoms with E-state index in [4.69, 9.17) is 14.2 Å². The molecule has 32 heavy (non-hydrogen) atoms. The van der Waals surface area contributed by atoms with Crippen LogP contribution in [0.2, 0.25) is 0 Å². The number of rotatable bonds is 4. The third kappa shape index (κ3) is 8.19. The molecule has 0 amide bonds. The number of allylic oxidation sites excluding steroid dienone is 2. The van der Waals surface area contributed by atoms with Gasteiger partial charge in [0.2, 0.25) is 0 Å². The molecule has 6 nitrogen and oxygen atoms in total. The van der Waals surface area contributed by atoms with Gasteiger partial charge in [-0.15, -0.1) is 0 Å². The topological polar surface area (TPSA) is 78.9 Å². The number of carbonyl (C=O) groups is 3. The van der Waals surface area contributed by atoms with Gasteiger partial charge in [0.05, 0.1) is 18.1 Å². The van der Waals surface area contributed by atoms with Gasteiger partial charge >= 0.3 is 11.9 Å². The van der Waals surface area contributed by atoms with Crippen LogP contribution in [0.1, 0.15) is 86.5 Å². The number of Topliss-reactive ketones (excluding diaryl/α,β-unsaturated/α-hetero) is 1. The zero-order valence-corrected chi connectivity index (χ0v) is 20.5. The average molecular weight is 449 g/mol. The summed E-state index contributed by atoms with van der Waals surface area (Å²) in [7, 11) is 0. The Morgan fingerprint density at radius 3 is 2.56 bits per heavy atom. The van der Waals surface area contributed by atoms with E-state index in [1.165, 1.54) is 13.0 Å². The maximum absolute atomic E-state index is 12.5. The minimum absolute atomic E-state index is 0.0109. The van der Waals surface area contributed by atoms with Crippen molar-refractivity contribution < 1.29 is 28.6 Å². The van der Waals surface area contributed by atoms with Gasteiger partial charge in [-0.3, -0.25) is 9.59 Å². The summed E-state index contributed by atoms with van der Waals surface area (Å²) in [5.41, 5.74) is 0.849. The molecule has 6 atom stereocenters. The maximum Gasteiger partial charge on any atom is 0.330 e. The van der Waals surface area contributed by atoms with E-state index in [0.29, 0.717) is 6.42 Å². The number of carbonyl (C=O) groups excluding carboxylic acids is 3. The van der Waals surface area contributed by atoms with Crippen molar-refractivity contribution >= 4 is 17.7 Å². The lowest BCUT2D eigenvalue weighted by Gasteiger charge is -2.24. The number of fused-ring (bicyclic) bond motifs is 1. The number of hydrogen-bond donors (Lipinski definition) is 0. The van der Waals surface area contributed by atoms with Crippen LogP contribution in [0, 0.1) is 11.8 Å². The molecule has 0 bridgehead atoms. The van der Waals surface area contributed by atoms with Gasteiger partial charge < -0.3 is 14.2 Å². The smallest absolute Gasteiger partial charge is 0.330 e. The maximum atomic E-state index is 12.5. The number of ketones is 1. The standard InChI is InChI=1S/C26H40O6/c1-7-12-26(6)16-23-21(32-26)10-8-17(2)13-19(4)22(15-20(5)27)30-25(29)14-18(3)9-11-24(28)31-23/h9,11,13,18-19,21-23H,7-8,10,12,14-16H2,1-6H3. The van der Waals surface area contributed by atoms with Crippen molar-refractivity contribution in [1.82, 2.24) is 0 Å². The Balaban J connectivity index is 2.26. The van der Waals surface area contributed by atoms with Crippen LogP contribution in [0.5, 0.6) is 0 Å². The Bertz CT molecular complexity index is 739. The van der Waals surface area contributed by atoms with Crippen molar-refractivity contribution in [3.8, 4) is 0 Å². The van der Waals surface area contributed by atoms with Crippen molar-refractivity contribution in [3.63, 3.8) is 0 Å². The first-order valence-corrected chi connectivity index (χ1v) is 11.9. The second-order valence-electron chi connectivity index (χ2n) is 9.92. The molecule has 0 radical (unpaired) electrons. The van der Waals surface area contributed by atoms with E-state index in [1.54, 1.807) is 6.08 Å². The Kier molecular flexibility index (Phi) is 9.68. The first-order chi connectivity index (χ1) is 15.0. The van der Waals surface area contributed by atoms with Gasteiger partial charge in [-0.2, -0.15) is 0 Å². The first kappa shape index (κ1) is 26.3. The van der Waals surface area contributed by atoms with E-state index in [1.807, 2.05) is 20.8 Å². The molecule has 0 aromatic rings. The van der Waals surface area contributed by atoms with Crippen LogP contribution in [0.25, 0.3) is 0 Å². The molecular weight excluding hydrogens is 408 g/mol. The molecule has 2 aliphatic rings. The molecule has 0 N–H and O–H groups in total. The summed E-state index contributed by atoms with van der Waals surface area (Å²) in [4.78, 5) is 36.7. The van der Waals surface area contributed by atoms with Crippen molar-refractivity contribution in [3.05, 3.63) is 23.8 Å². The largest absolute Gasteiger partial charge is 0.461 e. The second-order valence-corrected chi connectivity index (χ2v) is 9.92. The summed E-state index contributed by atoms with van der Waals surface area (Å²) in [5, 5.41) is 0. The third-order valence-electron chi connectivity index (χ3n) is 6.31. The summed E-state index contributed by atoms with van der Waals surface area (Å²) in [6.07, 6.45) is 8.68. The molecule has 2 heterocycles. The highest BCUT2D eigenvalue weighted by atomic mass is 16.6. The fourth-order valence-corrected chi connectivity index (χ4v) is 4.71. The van der Waals surface area contributed by atoms with E-state index >= 15 is 0 Å². The highest BCUT2D eigenvalue weighted by Crippen LogP contribution is 2.38. The lowest BCUT2D eigenvalue weighted by Crippen LogP contribution is -2.28. The zero-order chi connectivity index (χ0) is 23.9. The van der Waals surface area contributed by atoms with Gasteiger partial charge in [0.25, 0.3) is 0 Å². The second kappa shape index (κ2) is 11.8. The summed E-state index contributed by atoms with van der Waals surface area (Å²) in [6.45, 7) is 11.6. The van der Waals surface area contributed by atoms with Crippen molar-refractivity contribution in [2.75, 3.05) is 0 Å². The van der Waals surface area contributed by atoms with Gasteiger partial charge in [-0.05, 0) is 46.0 Å². The molecule has 2 aliphatic heterocycles. The van der Waals surface area contributed by atoms with Gasteiger partial charge in [0.15, 0.2) is 0 Å². The Morgan fingerprint density at radius 1 is 1.19 bits per heavy atom. The molecule has 0 saturated carbocycles. The van der Waals surface area contributed by atoms with E-state index in [2.05, 4.69) is 19.9 Å². The van der Waals surface area contributed by atoms with Crippen LogP contribution in [0.3, 0.4) is 0 Å². The van der Waals surface area contributed by atoms with Crippen molar-refractivity contribution in [1.29, 1.82) is 0 Å². The van der Waals surface area contributed by atoms with Crippen LogP contribution < -0.4 is 0 Å². The molecule has 6 heteroatoms. The van der Waals surface area contributed by atoms with Gasteiger partial charge in [-0.25, -0.2) is 4.79 Å². The fourth-order valence-electron chi connectivity index (χ4n) is 4.71. The molecule has 0 aliphatic carbocycles. The van der Waals surface area contributed by atoms with Gasteiger partial charge in [0.1, 0.15) is 18.0 Å². The highest BCUT2D eigenvalue weighted by Gasteiger charge is 2.44. The van der Waals surface area contributed by atoms with E-state index in [9.17, 15) is 14.4 Å². The summed E-state index contributed by atoms with van der Waals surface area (Å²) in [5.74, 6) is -1.05. The van der Waals surface area contributed by atoms with Crippen LogP contribution in [-0.2, 0) is 28.6 Å². The number of ether oxygens (including phenoxy) is 3. The minimum atomic E-state index is -0.493. The quantitative estimate of drug-likeness (QED) is 0.440. The lowest BCUT2D eigenvalue weighted by atomic mass is 9.93. The molecule has 2 rings (SSSR count). The highest BCUT2D eigenvalue weighted by molar-refractivity contribution is 5.82. The summed E-state index contributed by atoms with van der Waals surface area (Å²) >= 11 is 0. The molecule has 0 aromatic heterocycles. The van der Waals surface area contributed by atoms with Crippen LogP contribution in [0.15, 0.2) is 23.8 Å². The fraction of sp³-hybridized carbons (Fsp3) is 0.731. The van der Waals surface area contributed by atoms with E-state index in [-0.39, 0.29) is 54.2 Å². The number of esters is 2. The SMILES string of the molecule is CCCC1(C)CC2OC(=O)C=CC(C)CC(=O)OC(CC(C)=O)C(C)C=C(C)CCC2O1. The van der Waals surface area contributed by atoms with Crippen LogP contribution >= 0.6 is 0 Å². The van der Waals surface area contributed by atoms with Gasteiger partial charge in [0, 0.05) is 24.8 Å². The van der Waals surface area contributed by atoms with Crippen LogP contribution in [0.4, 0.5) is 0 Å². The monoisotopic (exact) mass is 448 g/mol. The Hall–Kier alpha value is -1.95. The van der Waals surface area contributed by atoms with Crippen LogP contribution in [-0.4, -0.2) is 41.6 Å². The van der Waals surface area contributed by atoms with E-state index < -0.39 is 12.1 Å². The number of hydrogen-bond acceptors (Lipinski definition) is 6.